The maximum absolute atomic E-state index is 11.5. The summed E-state index contributed by atoms with van der Waals surface area (Å²) in [6.45, 7) is 2.54. The van der Waals surface area contributed by atoms with Crippen molar-refractivity contribution in [2.24, 2.45) is 5.92 Å². The first kappa shape index (κ1) is 14.2. The molecule has 0 fully saturated rings. The SMILES string of the molecule is CC(CO)CNC(=O)CCc1cccc(Br)c1. The molecule has 3 nitrogen and oxygen atoms in total. The first-order valence-electron chi connectivity index (χ1n) is 5.74. The molecule has 0 aliphatic rings. The molecule has 0 bridgehead atoms. The van der Waals surface area contributed by atoms with Crippen LogP contribution in [0.15, 0.2) is 28.7 Å². The lowest BCUT2D eigenvalue weighted by molar-refractivity contribution is -0.121. The van der Waals surface area contributed by atoms with Crippen molar-refractivity contribution in [2.75, 3.05) is 13.2 Å². The fraction of sp³-hybridized carbons (Fsp3) is 0.462. The van der Waals surface area contributed by atoms with Crippen molar-refractivity contribution in [1.82, 2.24) is 5.32 Å². The number of aryl methyl sites for hydroxylation is 1. The van der Waals surface area contributed by atoms with E-state index in [2.05, 4.69) is 21.2 Å². The topological polar surface area (TPSA) is 49.3 Å². The molecule has 1 rings (SSSR count). The highest BCUT2D eigenvalue weighted by Gasteiger charge is 2.05. The Kier molecular flexibility index (Phi) is 6.22. The standard InChI is InChI=1S/C13H18BrNO2/c1-10(9-16)8-15-13(17)6-5-11-3-2-4-12(14)7-11/h2-4,7,10,16H,5-6,8-9H2,1H3,(H,15,17). The fourth-order valence-electron chi connectivity index (χ4n) is 1.39. The van der Waals surface area contributed by atoms with Gasteiger partial charge in [0.1, 0.15) is 0 Å². The minimum absolute atomic E-state index is 0.0327. The molecule has 0 heterocycles. The number of aliphatic hydroxyl groups is 1. The number of aliphatic hydroxyl groups excluding tert-OH is 1. The maximum Gasteiger partial charge on any atom is 0.220 e. The van der Waals surface area contributed by atoms with Gasteiger partial charge in [-0.2, -0.15) is 0 Å². The van der Waals surface area contributed by atoms with E-state index in [1.165, 1.54) is 0 Å². The van der Waals surface area contributed by atoms with Gasteiger partial charge in [-0.1, -0.05) is 35.0 Å². The predicted molar refractivity (Wildman–Crippen MR) is 71.7 cm³/mol. The highest BCUT2D eigenvalue weighted by molar-refractivity contribution is 9.10. The van der Waals surface area contributed by atoms with Gasteiger partial charge in [0.25, 0.3) is 0 Å². The van der Waals surface area contributed by atoms with Gasteiger partial charge in [-0.05, 0) is 30.0 Å². The molecule has 1 aromatic carbocycles. The largest absolute Gasteiger partial charge is 0.396 e. The second kappa shape index (κ2) is 7.45. The first-order valence-corrected chi connectivity index (χ1v) is 6.53. The van der Waals surface area contributed by atoms with Crippen LogP contribution in [0.3, 0.4) is 0 Å². The van der Waals surface area contributed by atoms with Crippen molar-refractivity contribution in [3.05, 3.63) is 34.3 Å². The summed E-state index contributed by atoms with van der Waals surface area (Å²) in [6.07, 6.45) is 1.22. The molecule has 1 unspecified atom stereocenters. The molecule has 4 heteroatoms. The average Bonchev–Trinajstić information content (AvgIpc) is 2.33. The average molecular weight is 300 g/mol. The Hall–Kier alpha value is -0.870. The second-order valence-electron chi connectivity index (χ2n) is 4.22. The Labute approximate surface area is 110 Å². The Bertz CT molecular complexity index is 368. The van der Waals surface area contributed by atoms with Gasteiger partial charge < -0.3 is 10.4 Å². The quantitative estimate of drug-likeness (QED) is 0.845. The van der Waals surface area contributed by atoms with Crippen LogP contribution < -0.4 is 5.32 Å². The van der Waals surface area contributed by atoms with E-state index in [0.29, 0.717) is 13.0 Å². The van der Waals surface area contributed by atoms with Gasteiger partial charge in [0.15, 0.2) is 0 Å². The third-order valence-electron chi connectivity index (χ3n) is 2.49. The van der Waals surface area contributed by atoms with E-state index in [9.17, 15) is 4.79 Å². The predicted octanol–water partition coefficient (Wildman–Crippen LogP) is 2.13. The van der Waals surface area contributed by atoms with Crippen molar-refractivity contribution in [3.63, 3.8) is 0 Å². The lowest BCUT2D eigenvalue weighted by Crippen LogP contribution is -2.29. The number of nitrogens with one attached hydrogen (secondary N) is 1. The number of rotatable bonds is 6. The summed E-state index contributed by atoms with van der Waals surface area (Å²) >= 11 is 3.40. The number of halogens is 1. The number of hydrogen-bond acceptors (Lipinski definition) is 2. The molecule has 0 saturated carbocycles. The summed E-state index contributed by atoms with van der Waals surface area (Å²) in [5.74, 6) is 0.148. The molecule has 0 aliphatic heterocycles. The van der Waals surface area contributed by atoms with Crippen LogP contribution in [0.5, 0.6) is 0 Å². The summed E-state index contributed by atoms with van der Waals surface area (Å²) in [5, 5.41) is 11.6. The van der Waals surface area contributed by atoms with Gasteiger partial charge in [0.2, 0.25) is 5.91 Å². The molecule has 1 amide bonds. The summed E-state index contributed by atoms with van der Waals surface area (Å²) in [6, 6.07) is 7.95. The van der Waals surface area contributed by atoms with Crippen molar-refractivity contribution < 1.29 is 9.90 Å². The highest BCUT2D eigenvalue weighted by atomic mass is 79.9. The highest BCUT2D eigenvalue weighted by Crippen LogP contribution is 2.12. The minimum atomic E-state index is 0.0327. The first-order chi connectivity index (χ1) is 8.11. The Morgan fingerprint density at radius 1 is 1.53 bits per heavy atom. The Balaban J connectivity index is 2.28. The van der Waals surface area contributed by atoms with E-state index in [1.807, 2.05) is 31.2 Å². The monoisotopic (exact) mass is 299 g/mol. The van der Waals surface area contributed by atoms with Gasteiger partial charge >= 0.3 is 0 Å². The van der Waals surface area contributed by atoms with Crippen LogP contribution in [0.2, 0.25) is 0 Å². The molecule has 94 valence electrons. The zero-order valence-corrected chi connectivity index (χ0v) is 11.5. The number of benzene rings is 1. The van der Waals surface area contributed by atoms with Crippen LogP contribution in [-0.4, -0.2) is 24.2 Å². The molecule has 1 atom stereocenters. The fourth-order valence-corrected chi connectivity index (χ4v) is 1.84. The minimum Gasteiger partial charge on any atom is -0.396 e. The summed E-state index contributed by atoms with van der Waals surface area (Å²) in [7, 11) is 0. The zero-order valence-electron chi connectivity index (χ0n) is 9.95. The Morgan fingerprint density at radius 3 is 2.94 bits per heavy atom. The molecular weight excluding hydrogens is 282 g/mol. The number of carbonyl (C=O) groups is 1. The van der Waals surface area contributed by atoms with Gasteiger partial charge in [0, 0.05) is 24.0 Å². The van der Waals surface area contributed by atoms with Gasteiger partial charge in [-0.15, -0.1) is 0 Å². The van der Waals surface area contributed by atoms with Crippen molar-refractivity contribution >= 4 is 21.8 Å². The lowest BCUT2D eigenvalue weighted by Gasteiger charge is -2.09. The summed E-state index contributed by atoms with van der Waals surface area (Å²) in [5.41, 5.74) is 1.14. The molecular formula is C13H18BrNO2. The van der Waals surface area contributed by atoms with Crippen molar-refractivity contribution in [1.29, 1.82) is 0 Å². The van der Waals surface area contributed by atoms with Crippen molar-refractivity contribution in [2.45, 2.75) is 19.8 Å². The molecule has 0 saturated heterocycles. The Morgan fingerprint density at radius 2 is 2.29 bits per heavy atom. The van der Waals surface area contributed by atoms with E-state index in [4.69, 9.17) is 5.11 Å². The van der Waals surface area contributed by atoms with Crippen LogP contribution in [0.4, 0.5) is 0 Å². The third kappa shape index (κ3) is 5.84. The van der Waals surface area contributed by atoms with E-state index in [-0.39, 0.29) is 18.4 Å². The van der Waals surface area contributed by atoms with E-state index < -0.39 is 0 Å². The normalized spacial score (nSPS) is 12.2. The molecule has 0 spiro atoms. The zero-order chi connectivity index (χ0) is 12.7. The van der Waals surface area contributed by atoms with Crippen LogP contribution in [0.25, 0.3) is 0 Å². The molecule has 0 aliphatic carbocycles. The van der Waals surface area contributed by atoms with Gasteiger partial charge in [-0.3, -0.25) is 4.79 Å². The van der Waals surface area contributed by atoms with Crippen LogP contribution in [-0.2, 0) is 11.2 Å². The van der Waals surface area contributed by atoms with Crippen LogP contribution in [0.1, 0.15) is 18.9 Å². The third-order valence-corrected chi connectivity index (χ3v) is 2.98. The van der Waals surface area contributed by atoms with Gasteiger partial charge in [0.05, 0.1) is 0 Å². The van der Waals surface area contributed by atoms with E-state index in [0.717, 1.165) is 16.5 Å². The van der Waals surface area contributed by atoms with Crippen molar-refractivity contribution in [3.8, 4) is 0 Å². The summed E-state index contributed by atoms with van der Waals surface area (Å²) in [4.78, 5) is 11.5. The lowest BCUT2D eigenvalue weighted by atomic mass is 10.1. The number of amides is 1. The molecule has 0 radical (unpaired) electrons. The van der Waals surface area contributed by atoms with Crippen LogP contribution >= 0.6 is 15.9 Å². The molecule has 17 heavy (non-hydrogen) atoms. The second-order valence-corrected chi connectivity index (χ2v) is 5.14. The van der Waals surface area contributed by atoms with Crippen LogP contribution in [0, 0.1) is 5.92 Å². The molecule has 1 aromatic rings. The van der Waals surface area contributed by atoms with Gasteiger partial charge in [-0.25, -0.2) is 0 Å². The number of carbonyl (C=O) groups excluding carboxylic acids is 1. The number of hydrogen-bond donors (Lipinski definition) is 2. The van der Waals surface area contributed by atoms with E-state index in [1.54, 1.807) is 0 Å². The molecule has 0 aromatic heterocycles. The summed E-state index contributed by atoms with van der Waals surface area (Å²) < 4.78 is 1.03. The molecule has 2 N–H and O–H groups in total. The smallest absolute Gasteiger partial charge is 0.220 e. The maximum atomic E-state index is 11.5. The van der Waals surface area contributed by atoms with E-state index >= 15 is 0 Å².